The molecule has 2 unspecified atom stereocenters. The van der Waals surface area contributed by atoms with Gasteiger partial charge in [0.25, 0.3) is 10.2 Å². The van der Waals surface area contributed by atoms with Gasteiger partial charge in [-0.25, -0.2) is 0 Å². The number of carbonyl (C=O) groups excluding carboxylic acids is 1. The molecular weight excluding hydrogens is 282 g/mol. The Morgan fingerprint density at radius 2 is 1.85 bits per heavy atom. The lowest BCUT2D eigenvalue weighted by Gasteiger charge is -2.37. The third-order valence-electron chi connectivity index (χ3n) is 2.94. The fourth-order valence-corrected chi connectivity index (χ4v) is 4.20. The van der Waals surface area contributed by atoms with Crippen LogP contribution in [0.5, 0.6) is 0 Å². The van der Waals surface area contributed by atoms with Gasteiger partial charge in [-0.05, 0) is 19.8 Å². The summed E-state index contributed by atoms with van der Waals surface area (Å²) in [5.74, 6) is -0.538. The van der Waals surface area contributed by atoms with E-state index < -0.39 is 16.1 Å². The topological polar surface area (TPSA) is 92.9 Å². The summed E-state index contributed by atoms with van der Waals surface area (Å²) in [6.45, 7) is 8.02. The first-order valence-electron chi connectivity index (χ1n) is 6.82. The Morgan fingerprint density at radius 3 is 2.25 bits per heavy atom. The molecule has 0 bridgehead atoms. The Bertz CT molecular complexity index is 428. The Labute approximate surface area is 121 Å². The number of hydrogen-bond acceptors (Lipinski definition) is 4. The van der Waals surface area contributed by atoms with Crippen LogP contribution < -0.4 is 5.73 Å². The summed E-state index contributed by atoms with van der Waals surface area (Å²) in [7, 11) is -3.69. The third-order valence-corrected chi connectivity index (χ3v) is 4.82. The average Bonchev–Trinajstić information content (AvgIpc) is 2.25. The highest BCUT2D eigenvalue weighted by Crippen LogP contribution is 2.18. The number of ether oxygens (including phenoxy) is 1. The van der Waals surface area contributed by atoms with E-state index in [2.05, 4.69) is 0 Å². The minimum Gasteiger partial charge on any atom is -0.373 e. The van der Waals surface area contributed by atoms with E-state index in [4.69, 9.17) is 10.5 Å². The fourth-order valence-electron chi connectivity index (χ4n) is 2.30. The van der Waals surface area contributed by atoms with E-state index in [0.717, 1.165) is 4.31 Å². The van der Waals surface area contributed by atoms with Crippen LogP contribution in [0.4, 0.5) is 0 Å². The van der Waals surface area contributed by atoms with Crippen LogP contribution in [0.25, 0.3) is 0 Å². The van der Waals surface area contributed by atoms with E-state index >= 15 is 0 Å². The molecule has 1 amide bonds. The van der Waals surface area contributed by atoms with Gasteiger partial charge in [-0.15, -0.1) is 0 Å². The van der Waals surface area contributed by atoms with Crippen molar-refractivity contribution in [1.82, 2.24) is 8.61 Å². The van der Waals surface area contributed by atoms with Crippen molar-refractivity contribution in [3.05, 3.63) is 0 Å². The number of primary amides is 1. The van der Waals surface area contributed by atoms with E-state index in [0.29, 0.717) is 13.1 Å². The number of rotatable bonds is 6. The predicted molar refractivity (Wildman–Crippen MR) is 76.1 cm³/mol. The van der Waals surface area contributed by atoms with E-state index in [1.54, 1.807) is 0 Å². The van der Waals surface area contributed by atoms with Gasteiger partial charge in [0, 0.05) is 19.6 Å². The summed E-state index contributed by atoms with van der Waals surface area (Å²) in [5, 5.41) is 0. The first kappa shape index (κ1) is 17.4. The number of morpholine rings is 1. The van der Waals surface area contributed by atoms with Crippen molar-refractivity contribution < 1.29 is 17.9 Å². The van der Waals surface area contributed by atoms with Crippen LogP contribution in [0.1, 0.15) is 27.7 Å². The van der Waals surface area contributed by atoms with Gasteiger partial charge in [-0.3, -0.25) is 4.79 Å². The first-order chi connectivity index (χ1) is 9.12. The van der Waals surface area contributed by atoms with Crippen molar-refractivity contribution in [2.24, 2.45) is 11.7 Å². The maximum absolute atomic E-state index is 12.6. The van der Waals surface area contributed by atoms with Crippen LogP contribution in [0, 0.1) is 5.92 Å². The van der Waals surface area contributed by atoms with Gasteiger partial charge in [0.15, 0.2) is 0 Å². The van der Waals surface area contributed by atoms with Gasteiger partial charge in [0.1, 0.15) is 0 Å². The highest BCUT2D eigenvalue weighted by Gasteiger charge is 2.36. The maximum Gasteiger partial charge on any atom is 0.282 e. The molecule has 20 heavy (non-hydrogen) atoms. The lowest BCUT2D eigenvalue weighted by molar-refractivity contribution is -0.118. The quantitative estimate of drug-likeness (QED) is 0.734. The largest absolute Gasteiger partial charge is 0.373 e. The minimum atomic E-state index is -3.69. The first-order valence-corrected chi connectivity index (χ1v) is 8.21. The molecule has 1 rings (SSSR count). The predicted octanol–water partition coefficient (Wildman–Crippen LogP) is -0.216. The number of nitrogens with zero attached hydrogens (tertiary/aromatic N) is 2. The van der Waals surface area contributed by atoms with E-state index in [1.165, 1.54) is 4.31 Å². The van der Waals surface area contributed by atoms with Crippen molar-refractivity contribution in [2.75, 3.05) is 26.2 Å². The molecule has 0 spiro atoms. The molecule has 0 aromatic rings. The Morgan fingerprint density at radius 1 is 1.35 bits per heavy atom. The fraction of sp³-hybridized carbons (Fsp3) is 0.917. The molecule has 1 aliphatic heterocycles. The third kappa shape index (κ3) is 4.69. The lowest BCUT2D eigenvalue weighted by atomic mass is 10.2. The van der Waals surface area contributed by atoms with Gasteiger partial charge >= 0.3 is 0 Å². The van der Waals surface area contributed by atoms with Crippen LogP contribution in [0.3, 0.4) is 0 Å². The number of hydrogen-bond donors (Lipinski definition) is 1. The molecular formula is C12H25N3O4S. The molecule has 2 atom stereocenters. The summed E-state index contributed by atoms with van der Waals surface area (Å²) in [5.41, 5.74) is 5.16. The molecule has 1 fully saturated rings. The molecule has 0 aromatic carbocycles. The highest BCUT2D eigenvalue weighted by atomic mass is 32.2. The Hall–Kier alpha value is -0.700. The monoisotopic (exact) mass is 307 g/mol. The summed E-state index contributed by atoms with van der Waals surface area (Å²) >= 11 is 0. The zero-order chi connectivity index (χ0) is 15.5. The molecule has 118 valence electrons. The lowest BCUT2D eigenvalue weighted by Crippen LogP contribution is -2.54. The molecule has 0 aliphatic carbocycles. The van der Waals surface area contributed by atoms with Crippen LogP contribution in [-0.4, -0.2) is 61.3 Å². The van der Waals surface area contributed by atoms with Crippen molar-refractivity contribution in [1.29, 1.82) is 0 Å². The highest BCUT2D eigenvalue weighted by molar-refractivity contribution is 7.86. The Balaban J connectivity index is 2.93. The van der Waals surface area contributed by atoms with E-state index in [9.17, 15) is 13.2 Å². The molecule has 7 nitrogen and oxygen atoms in total. The SMILES string of the molecule is CC(C)CN(CC(N)=O)S(=O)(=O)N1CC(C)OC(C)C1. The number of carbonyl (C=O) groups is 1. The molecule has 2 N–H and O–H groups in total. The van der Waals surface area contributed by atoms with Crippen LogP contribution in [0.2, 0.25) is 0 Å². The van der Waals surface area contributed by atoms with Gasteiger partial charge in [-0.2, -0.15) is 17.0 Å². The summed E-state index contributed by atoms with van der Waals surface area (Å²) < 4.78 is 33.3. The number of amides is 1. The van der Waals surface area contributed by atoms with Crippen molar-refractivity contribution in [3.63, 3.8) is 0 Å². The van der Waals surface area contributed by atoms with Gasteiger partial charge < -0.3 is 10.5 Å². The second kappa shape index (κ2) is 6.84. The summed E-state index contributed by atoms with van der Waals surface area (Å²) in [6, 6.07) is 0. The van der Waals surface area contributed by atoms with Crippen LogP contribution in [0.15, 0.2) is 0 Å². The van der Waals surface area contributed by atoms with Gasteiger partial charge in [-0.1, -0.05) is 13.8 Å². The van der Waals surface area contributed by atoms with Crippen molar-refractivity contribution >= 4 is 16.1 Å². The average molecular weight is 307 g/mol. The minimum absolute atomic E-state index is 0.111. The van der Waals surface area contributed by atoms with Crippen LogP contribution >= 0.6 is 0 Å². The zero-order valence-corrected chi connectivity index (χ0v) is 13.4. The normalized spacial score (nSPS) is 25.3. The van der Waals surface area contributed by atoms with Gasteiger partial charge in [0.05, 0.1) is 18.8 Å². The second-order valence-corrected chi connectivity index (χ2v) is 7.66. The molecule has 1 aliphatic rings. The molecule has 0 aromatic heterocycles. The van der Waals surface area contributed by atoms with Gasteiger partial charge in [0.2, 0.25) is 5.91 Å². The van der Waals surface area contributed by atoms with E-state index in [-0.39, 0.29) is 31.2 Å². The summed E-state index contributed by atoms with van der Waals surface area (Å²) in [4.78, 5) is 11.1. The molecule has 0 saturated carbocycles. The second-order valence-electron chi connectivity index (χ2n) is 5.73. The zero-order valence-electron chi connectivity index (χ0n) is 12.6. The van der Waals surface area contributed by atoms with E-state index in [1.807, 2.05) is 27.7 Å². The molecule has 0 radical (unpaired) electrons. The van der Waals surface area contributed by atoms with Crippen molar-refractivity contribution in [2.45, 2.75) is 39.9 Å². The maximum atomic E-state index is 12.6. The van der Waals surface area contributed by atoms with Crippen LogP contribution in [-0.2, 0) is 19.7 Å². The molecule has 8 heteroatoms. The standard InChI is InChI=1S/C12H25N3O4S/c1-9(2)5-14(8-12(13)16)20(17,18)15-6-10(3)19-11(4)7-15/h9-11H,5-8H2,1-4H3,(H2,13,16). The summed E-state index contributed by atoms with van der Waals surface area (Å²) in [6.07, 6.45) is -0.328. The molecule has 1 saturated heterocycles. The van der Waals surface area contributed by atoms with Crippen molar-refractivity contribution in [3.8, 4) is 0 Å². The number of nitrogens with two attached hydrogens (primary N) is 1. The smallest absolute Gasteiger partial charge is 0.282 e. The Kier molecular flexibility index (Phi) is 5.93. The molecule has 1 heterocycles.